The van der Waals surface area contributed by atoms with E-state index in [4.69, 9.17) is 10.5 Å². The van der Waals surface area contributed by atoms with Gasteiger partial charge in [-0.05, 0) is 33.3 Å². The molecule has 6 nitrogen and oxygen atoms in total. The minimum absolute atomic E-state index is 0.187. The number of nitrogen functional groups attached to an aromatic ring is 1. The number of nitrogens with one attached hydrogen (secondary N) is 1. The van der Waals surface area contributed by atoms with E-state index in [0.29, 0.717) is 18.8 Å². The Morgan fingerprint density at radius 3 is 2.95 bits per heavy atom. The van der Waals surface area contributed by atoms with E-state index in [9.17, 15) is 4.79 Å². The molecular formula is C14H22N4O2. The fraction of sp³-hybridized carbons (Fsp3) is 0.571. The number of ether oxygens (including phenoxy) is 1. The lowest BCUT2D eigenvalue weighted by Gasteiger charge is -2.24. The SMILES string of the molecule is CC(C)(C)OC(=O)N1CC[C@H](Nc2ccncc2N)C1. The topological polar surface area (TPSA) is 80.5 Å². The van der Waals surface area contributed by atoms with Crippen LogP contribution in [-0.4, -0.2) is 40.7 Å². The highest BCUT2D eigenvalue weighted by atomic mass is 16.6. The first kappa shape index (κ1) is 14.4. The minimum Gasteiger partial charge on any atom is -0.444 e. The summed E-state index contributed by atoms with van der Waals surface area (Å²) in [7, 11) is 0. The van der Waals surface area contributed by atoms with Gasteiger partial charge >= 0.3 is 6.09 Å². The lowest BCUT2D eigenvalue weighted by atomic mass is 10.2. The van der Waals surface area contributed by atoms with Crippen LogP contribution in [0.2, 0.25) is 0 Å². The fourth-order valence-electron chi connectivity index (χ4n) is 2.13. The standard InChI is InChI=1S/C14H22N4O2/c1-14(2,3)20-13(19)18-7-5-10(9-18)17-12-4-6-16-8-11(12)15/h4,6,8,10H,5,7,9,15H2,1-3H3,(H,16,17)/t10-/m0/s1. The van der Waals surface area contributed by atoms with Gasteiger partial charge in [0.1, 0.15) is 5.60 Å². The first-order valence-corrected chi connectivity index (χ1v) is 6.79. The minimum atomic E-state index is -0.460. The molecule has 0 aliphatic carbocycles. The number of aromatic nitrogens is 1. The summed E-state index contributed by atoms with van der Waals surface area (Å²) < 4.78 is 5.37. The quantitative estimate of drug-likeness (QED) is 0.865. The van der Waals surface area contributed by atoms with Crippen molar-refractivity contribution in [1.29, 1.82) is 0 Å². The molecular weight excluding hydrogens is 256 g/mol. The lowest BCUT2D eigenvalue weighted by molar-refractivity contribution is 0.0293. The Kier molecular flexibility index (Phi) is 4.01. The van der Waals surface area contributed by atoms with Crippen LogP contribution in [0.5, 0.6) is 0 Å². The van der Waals surface area contributed by atoms with Crippen LogP contribution >= 0.6 is 0 Å². The van der Waals surface area contributed by atoms with Crippen LogP contribution in [0, 0.1) is 0 Å². The summed E-state index contributed by atoms with van der Waals surface area (Å²) in [5.41, 5.74) is 6.86. The Bertz CT molecular complexity index is 484. The maximum absolute atomic E-state index is 12.0. The number of carbonyl (C=O) groups is 1. The first-order chi connectivity index (χ1) is 9.35. The Hall–Kier alpha value is -1.98. The summed E-state index contributed by atoms with van der Waals surface area (Å²) >= 11 is 0. The lowest BCUT2D eigenvalue weighted by Crippen LogP contribution is -2.36. The van der Waals surface area contributed by atoms with Crippen molar-refractivity contribution in [1.82, 2.24) is 9.88 Å². The molecule has 0 aromatic carbocycles. The Morgan fingerprint density at radius 1 is 1.55 bits per heavy atom. The second-order valence-electron chi connectivity index (χ2n) is 6.02. The van der Waals surface area contributed by atoms with Gasteiger partial charge in [0.25, 0.3) is 0 Å². The molecule has 0 saturated carbocycles. The number of likely N-dealkylation sites (tertiary alicyclic amines) is 1. The number of amides is 1. The van der Waals surface area contributed by atoms with Crippen LogP contribution in [0.15, 0.2) is 18.5 Å². The molecule has 1 atom stereocenters. The molecule has 0 radical (unpaired) electrons. The van der Waals surface area contributed by atoms with E-state index in [1.165, 1.54) is 0 Å². The second-order valence-corrected chi connectivity index (χ2v) is 6.02. The highest BCUT2D eigenvalue weighted by Gasteiger charge is 2.29. The van der Waals surface area contributed by atoms with Gasteiger partial charge in [-0.15, -0.1) is 0 Å². The first-order valence-electron chi connectivity index (χ1n) is 6.79. The fourth-order valence-corrected chi connectivity index (χ4v) is 2.13. The van der Waals surface area contributed by atoms with Crippen molar-refractivity contribution in [3.63, 3.8) is 0 Å². The van der Waals surface area contributed by atoms with Crippen molar-refractivity contribution < 1.29 is 9.53 Å². The van der Waals surface area contributed by atoms with E-state index < -0.39 is 5.60 Å². The Morgan fingerprint density at radius 2 is 2.30 bits per heavy atom. The monoisotopic (exact) mass is 278 g/mol. The van der Waals surface area contributed by atoms with Gasteiger partial charge in [-0.3, -0.25) is 4.98 Å². The third-order valence-electron chi connectivity index (χ3n) is 3.05. The number of rotatable bonds is 2. The summed E-state index contributed by atoms with van der Waals surface area (Å²) in [6, 6.07) is 2.03. The molecule has 1 aliphatic rings. The maximum Gasteiger partial charge on any atom is 0.410 e. The highest BCUT2D eigenvalue weighted by molar-refractivity contribution is 5.69. The van der Waals surface area contributed by atoms with E-state index in [2.05, 4.69) is 10.3 Å². The molecule has 6 heteroatoms. The number of hydrogen-bond acceptors (Lipinski definition) is 5. The number of anilines is 2. The Balaban J connectivity index is 1.90. The van der Waals surface area contributed by atoms with E-state index in [-0.39, 0.29) is 12.1 Å². The summed E-state index contributed by atoms with van der Waals surface area (Å²) in [6.45, 7) is 6.92. The summed E-state index contributed by atoms with van der Waals surface area (Å²) in [5.74, 6) is 0. The van der Waals surface area contributed by atoms with Crippen molar-refractivity contribution in [2.75, 3.05) is 24.1 Å². The van der Waals surface area contributed by atoms with Gasteiger partial charge in [-0.1, -0.05) is 0 Å². The average Bonchev–Trinajstić information content (AvgIpc) is 2.79. The van der Waals surface area contributed by atoms with Crippen molar-refractivity contribution >= 4 is 17.5 Å². The normalized spacial score (nSPS) is 18.9. The third kappa shape index (κ3) is 3.76. The van der Waals surface area contributed by atoms with Crippen LogP contribution in [0.3, 0.4) is 0 Å². The van der Waals surface area contributed by atoms with E-state index in [1.54, 1.807) is 17.3 Å². The van der Waals surface area contributed by atoms with E-state index in [0.717, 1.165) is 12.1 Å². The maximum atomic E-state index is 12.0. The zero-order chi connectivity index (χ0) is 14.8. The average molecular weight is 278 g/mol. The Labute approximate surface area is 119 Å². The van der Waals surface area contributed by atoms with Crippen molar-refractivity contribution in [2.45, 2.75) is 38.8 Å². The van der Waals surface area contributed by atoms with E-state index >= 15 is 0 Å². The third-order valence-corrected chi connectivity index (χ3v) is 3.05. The molecule has 3 N–H and O–H groups in total. The largest absolute Gasteiger partial charge is 0.444 e. The van der Waals surface area contributed by atoms with Crippen LogP contribution in [0.4, 0.5) is 16.2 Å². The van der Waals surface area contributed by atoms with Crippen LogP contribution < -0.4 is 11.1 Å². The van der Waals surface area contributed by atoms with Crippen LogP contribution in [0.25, 0.3) is 0 Å². The number of hydrogen-bond donors (Lipinski definition) is 2. The molecule has 110 valence electrons. The van der Waals surface area contributed by atoms with Gasteiger partial charge < -0.3 is 20.7 Å². The number of carbonyl (C=O) groups excluding carboxylic acids is 1. The molecule has 2 rings (SSSR count). The number of nitrogens with zero attached hydrogens (tertiary/aromatic N) is 2. The molecule has 1 aromatic rings. The van der Waals surface area contributed by atoms with Gasteiger partial charge in [0.15, 0.2) is 0 Å². The van der Waals surface area contributed by atoms with Gasteiger partial charge in [-0.2, -0.15) is 0 Å². The molecule has 1 aliphatic heterocycles. The van der Waals surface area contributed by atoms with Crippen LogP contribution in [-0.2, 0) is 4.74 Å². The predicted octanol–water partition coefficient (Wildman–Crippen LogP) is 2.09. The van der Waals surface area contributed by atoms with Gasteiger partial charge in [0.05, 0.1) is 17.6 Å². The molecule has 1 amide bonds. The molecule has 0 spiro atoms. The van der Waals surface area contributed by atoms with Crippen molar-refractivity contribution in [3.05, 3.63) is 18.5 Å². The van der Waals surface area contributed by atoms with Gasteiger partial charge in [0, 0.05) is 25.3 Å². The molecule has 2 heterocycles. The van der Waals surface area contributed by atoms with E-state index in [1.807, 2.05) is 26.8 Å². The zero-order valence-electron chi connectivity index (χ0n) is 12.2. The molecule has 1 aromatic heterocycles. The van der Waals surface area contributed by atoms with Crippen LogP contribution in [0.1, 0.15) is 27.2 Å². The molecule has 1 fully saturated rings. The molecule has 0 bridgehead atoms. The summed E-state index contributed by atoms with van der Waals surface area (Å²) in [4.78, 5) is 17.6. The molecule has 20 heavy (non-hydrogen) atoms. The smallest absolute Gasteiger partial charge is 0.410 e. The second kappa shape index (κ2) is 5.56. The van der Waals surface area contributed by atoms with Crippen molar-refractivity contribution in [2.24, 2.45) is 0 Å². The molecule has 1 saturated heterocycles. The highest BCUT2D eigenvalue weighted by Crippen LogP contribution is 2.21. The summed E-state index contributed by atoms with van der Waals surface area (Å²) in [5, 5.41) is 3.34. The number of nitrogens with two attached hydrogens (primary N) is 1. The summed E-state index contributed by atoms with van der Waals surface area (Å²) in [6.07, 6.45) is 3.92. The predicted molar refractivity (Wildman–Crippen MR) is 78.5 cm³/mol. The van der Waals surface area contributed by atoms with Gasteiger partial charge in [-0.25, -0.2) is 4.79 Å². The van der Waals surface area contributed by atoms with Gasteiger partial charge in [0.2, 0.25) is 0 Å². The number of pyridine rings is 1. The molecule has 0 unspecified atom stereocenters. The zero-order valence-corrected chi connectivity index (χ0v) is 12.2. The van der Waals surface area contributed by atoms with Crippen molar-refractivity contribution in [3.8, 4) is 0 Å².